The highest BCUT2D eigenvalue weighted by atomic mass is 35.5. The Morgan fingerprint density at radius 2 is 2.00 bits per heavy atom. The molecule has 0 saturated heterocycles. The highest BCUT2D eigenvalue weighted by molar-refractivity contribution is 6.31. The van der Waals surface area contributed by atoms with Gasteiger partial charge in [-0.05, 0) is 29.8 Å². The Bertz CT molecular complexity index is 771. The Hall–Kier alpha value is -2.73. The van der Waals surface area contributed by atoms with Gasteiger partial charge in [0.25, 0.3) is 5.91 Å². The maximum Gasteiger partial charge on any atom is 0.272 e. The largest absolute Gasteiger partial charge is 0.347 e. The fraction of sp³-hybridized carbons (Fsp3) is 0.0667. The number of aromatic nitrogens is 4. The quantitative estimate of drug-likeness (QED) is 0.802. The summed E-state index contributed by atoms with van der Waals surface area (Å²) < 4.78 is 1.57. The van der Waals surface area contributed by atoms with E-state index in [2.05, 4.69) is 20.6 Å². The average molecular weight is 314 g/mol. The lowest BCUT2D eigenvalue weighted by molar-refractivity contribution is 0.0945. The number of amides is 1. The summed E-state index contributed by atoms with van der Waals surface area (Å²) in [5.74, 6) is 0.243. The minimum atomic E-state index is -0.306. The van der Waals surface area contributed by atoms with Gasteiger partial charge >= 0.3 is 0 Å². The van der Waals surface area contributed by atoms with Crippen molar-refractivity contribution in [3.63, 3.8) is 0 Å². The summed E-state index contributed by atoms with van der Waals surface area (Å²) in [4.78, 5) is 12.0. The summed E-state index contributed by atoms with van der Waals surface area (Å²) in [5.41, 5.74) is 1.08. The summed E-state index contributed by atoms with van der Waals surface area (Å²) in [6, 6.07) is 12.4. The summed E-state index contributed by atoms with van der Waals surface area (Å²) in [6.07, 6.45) is 3.40. The predicted molar refractivity (Wildman–Crippen MR) is 81.8 cm³/mol. The van der Waals surface area contributed by atoms with Crippen molar-refractivity contribution in [2.75, 3.05) is 0 Å². The number of rotatable bonds is 4. The Morgan fingerprint density at radius 1 is 1.14 bits per heavy atom. The molecule has 0 radical (unpaired) electrons. The molecule has 0 fully saturated rings. The molecule has 0 aliphatic carbocycles. The Kier molecular flexibility index (Phi) is 4.11. The zero-order valence-electron chi connectivity index (χ0n) is 11.5. The fourth-order valence-corrected chi connectivity index (χ4v) is 2.08. The second kappa shape index (κ2) is 6.36. The molecule has 7 heteroatoms. The maximum atomic E-state index is 12.0. The molecule has 1 aromatic carbocycles. The van der Waals surface area contributed by atoms with Crippen LogP contribution in [-0.4, -0.2) is 25.9 Å². The van der Waals surface area contributed by atoms with Gasteiger partial charge < -0.3 is 5.32 Å². The molecular formula is C15H12ClN5O. The average Bonchev–Trinajstić information content (AvgIpc) is 3.08. The molecule has 6 nitrogen and oxygen atoms in total. The number of hydrogen-bond donors (Lipinski definition) is 1. The van der Waals surface area contributed by atoms with Crippen LogP contribution in [0.4, 0.5) is 0 Å². The number of benzene rings is 1. The van der Waals surface area contributed by atoms with Gasteiger partial charge in [0.05, 0.1) is 0 Å². The molecule has 0 spiro atoms. The van der Waals surface area contributed by atoms with Gasteiger partial charge in [0.2, 0.25) is 0 Å². The molecular weight excluding hydrogens is 302 g/mol. The lowest BCUT2D eigenvalue weighted by atomic mass is 10.2. The first-order valence-corrected chi connectivity index (χ1v) is 6.97. The van der Waals surface area contributed by atoms with Crippen molar-refractivity contribution >= 4 is 17.5 Å². The van der Waals surface area contributed by atoms with Gasteiger partial charge in [0.1, 0.15) is 0 Å². The van der Waals surface area contributed by atoms with E-state index in [1.165, 1.54) is 0 Å². The first-order chi connectivity index (χ1) is 10.7. The lowest BCUT2D eigenvalue weighted by Gasteiger charge is -2.06. The molecule has 2 heterocycles. The van der Waals surface area contributed by atoms with E-state index in [1.54, 1.807) is 41.3 Å². The first kappa shape index (κ1) is 14.2. The van der Waals surface area contributed by atoms with Gasteiger partial charge in [0, 0.05) is 24.0 Å². The van der Waals surface area contributed by atoms with E-state index in [9.17, 15) is 4.79 Å². The number of halogens is 1. The normalized spacial score (nSPS) is 10.4. The van der Waals surface area contributed by atoms with E-state index in [1.807, 2.05) is 18.2 Å². The van der Waals surface area contributed by atoms with Crippen LogP contribution >= 0.6 is 11.6 Å². The summed E-state index contributed by atoms with van der Waals surface area (Å²) in [6.45, 7) is 0.334. The molecule has 110 valence electrons. The van der Waals surface area contributed by atoms with E-state index in [0.717, 1.165) is 5.56 Å². The first-order valence-electron chi connectivity index (χ1n) is 6.59. The zero-order valence-corrected chi connectivity index (χ0v) is 12.2. The SMILES string of the molecule is O=C(NCc1ccccc1Cl)c1ccc(-n2cccn2)nn1. The van der Waals surface area contributed by atoms with E-state index in [-0.39, 0.29) is 11.6 Å². The zero-order chi connectivity index (χ0) is 15.4. The highest BCUT2D eigenvalue weighted by Crippen LogP contribution is 2.14. The smallest absolute Gasteiger partial charge is 0.272 e. The van der Waals surface area contributed by atoms with Crippen LogP contribution in [0.3, 0.4) is 0 Å². The van der Waals surface area contributed by atoms with Crippen LogP contribution < -0.4 is 5.32 Å². The van der Waals surface area contributed by atoms with Crippen LogP contribution in [0.2, 0.25) is 5.02 Å². The van der Waals surface area contributed by atoms with Crippen molar-refractivity contribution in [2.45, 2.75) is 6.54 Å². The molecule has 2 aromatic heterocycles. The molecule has 3 rings (SSSR count). The van der Waals surface area contributed by atoms with Gasteiger partial charge in [-0.3, -0.25) is 4.79 Å². The van der Waals surface area contributed by atoms with E-state index >= 15 is 0 Å². The van der Waals surface area contributed by atoms with Gasteiger partial charge in [0.15, 0.2) is 11.5 Å². The van der Waals surface area contributed by atoms with Gasteiger partial charge in [-0.2, -0.15) is 5.10 Å². The van der Waals surface area contributed by atoms with Crippen molar-refractivity contribution in [1.82, 2.24) is 25.3 Å². The molecule has 1 N–H and O–H groups in total. The van der Waals surface area contributed by atoms with E-state index in [4.69, 9.17) is 11.6 Å². The Balaban J connectivity index is 1.67. The van der Waals surface area contributed by atoms with Crippen molar-refractivity contribution in [3.8, 4) is 5.82 Å². The second-order valence-corrected chi connectivity index (χ2v) is 4.91. The third kappa shape index (κ3) is 3.12. The number of carbonyl (C=O) groups excluding carboxylic acids is 1. The summed E-state index contributed by atoms with van der Waals surface area (Å²) in [7, 11) is 0. The van der Waals surface area contributed by atoms with Crippen LogP contribution in [0.1, 0.15) is 16.1 Å². The predicted octanol–water partition coefficient (Wildman–Crippen LogP) is 2.25. The van der Waals surface area contributed by atoms with E-state index in [0.29, 0.717) is 17.4 Å². The van der Waals surface area contributed by atoms with Crippen LogP contribution in [0, 0.1) is 0 Å². The van der Waals surface area contributed by atoms with Crippen LogP contribution in [0.25, 0.3) is 5.82 Å². The third-order valence-corrected chi connectivity index (χ3v) is 3.39. The van der Waals surface area contributed by atoms with Crippen molar-refractivity contribution < 1.29 is 4.79 Å². The molecule has 0 bridgehead atoms. The van der Waals surface area contributed by atoms with Crippen molar-refractivity contribution in [3.05, 3.63) is 71.1 Å². The molecule has 0 aliphatic heterocycles. The molecule has 3 aromatic rings. The standard InChI is InChI=1S/C15H12ClN5O/c16-12-5-2-1-4-11(12)10-17-15(22)13-6-7-14(20-19-13)21-9-3-8-18-21/h1-9H,10H2,(H,17,22). The Morgan fingerprint density at radius 3 is 2.68 bits per heavy atom. The van der Waals surface area contributed by atoms with E-state index < -0.39 is 0 Å². The van der Waals surface area contributed by atoms with Crippen LogP contribution in [0.5, 0.6) is 0 Å². The van der Waals surface area contributed by atoms with Crippen LogP contribution in [-0.2, 0) is 6.54 Å². The summed E-state index contributed by atoms with van der Waals surface area (Å²) >= 11 is 6.04. The van der Waals surface area contributed by atoms with Crippen molar-refractivity contribution in [1.29, 1.82) is 0 Å². The number of hydrogen-bond acceptors (Lipinski definition) is 4. The minimum Gasteiger partial charge on any atom is -0.347 e. The summed E-state index contributed by atoms with van der Waals surface area (Å²) in [5, 5.41) is 15.3. The monoisotopic (exact) mass is 313 g/mol. The molecule has 0 aliphatic rings. The lowest BCUT2D eigenvalue weighted by Crippen LogP contribution is -2.24. The second-order valence-electron chi connectivity index (χ2n) is 4.50. The molecule has 0 unspecified atom stereocenters. The molecule has 0 saturated carbocycles. The Labute approximate surface area is 131 Å². The van der Waals surface area contributed by atoms with Gasteiger partial charge in [-0.1, -0.05) is 29.8 Å². The number of nitrogens with one attached hydrogen (secondary N) is 1. The van der Waals surface area contributed by atoms with Gasteiger partial charge in [-0.25, -0.2) is 4.68 Å². The molecule has 22 heavy (non-hydrogen) atoms. The van der Waals surface area contributed by atoms with Crippen molar-refractivity contribution in [2.24, 2.45) is 0 Å². The third-order valence-electron chi connectivity index (χ3n) is 3.02. The number of carbonyl (C=O) groups is 1. The van der Waals surface area contributed by atoms with Crippen LogP contribution in [0.15, 0.2) is 54.9 Å². The fourth-order valence-electron chi connectivity index (χ4n) is 1.88. The number of nitrogens with zero attached hydrogens (tertiary/aromatic N) is 4. The topological polar surface area (TPSA) is 72.7 Å². The minimum absolute atomic E-state index is 0.239. The van der Waals surface area contributed by atoms with Gasteiger partial charge in [-0.15, -0.1) is 10.2 Å². The molecule has 1 amide bonds. The molecule has 0 atom stereocenters. The maximum absolute atomic E-state index is 12.0. The highest BCUT2D eigenvalue weighted by Gasteiger charge is 2.09.